The van der Waals surface area contributed by atoms with Gasteiger partial charge >= 0.3 is 12.2 Å². The Morgan fingerprint density at radius 1 is 0.902 bits per heavy atom. The number of aromatic amines is 2. The minimum Gasteiger partial charge on any atom is -0.488 e. The standard InChI is InChI=1S/C46H55N7O8/c1-8-60-28-18-36(53(21-28)44(55)39(24(4)5)52-46(57)59-7)43-48-34-15-13-25-17-33-29-14-12-26(16-27(29)22-61-37(33)19-32(25)40(34)50-43)35-20-47-42(49-35)31-11-9-10-30(31)41(54)38(23(2)3)51-45(56)58-6/h12-17,19-20,23-24,28,30-31,36,38-39H,8-11,18,21-22H2,1-7H3,(H,47,49)(H,48,50)(H,51,56)(H,52,57)/t28-,30?,31+,36-,38-,39-/m0/s1. The van der Waals surface area contributed by atoms with Crippen molar-refractivity contribution >= 4 is 45.7 Å². The van der Waals surface area contributed by atoms with Crippen LogP contribution in [0.5, 0.6) is 5.75 Å². The number of imidazole rings is 2. The third kappa shape index (κ3) is 8.03. The van der Waals surface area contributed by atoms with Gasteiger partial charge in [-0.3, -0.25) is 9.59 Å². The predicted molar refractivity (Wildman–Crippen MR) is 229 cm³/mol. The minimum atomic E-state index is -0.774. The Hall–Kier alpha value is -5.96. The summed E-state index contributed by atoms with van der Waals surface area (Å²) in [5, 5.41) is 7.40. The summed E-state index contributed by atoms with van der Waals surface area (Å²) in [7, 11) is 2.58. The van der Waals surface area contributed by atoms with Crippen LogP contribution in [-0.2, 0) is 30.4 Å². The van der Waals surface area contributed by atoms with Crippen LogP contribution in [-0.4, -0.2) is 94.3 Å². The molecule has 2 fully saturated rings. The fourth-order valence-corrected chi connectivity index (χ4v) is 9.45. The number of alkyl carbamates (subject to hydrolysis) is 2. The van der Waals surface area contributed by atoms with Crippen molar-refractivity contribution in [2.75, 3.05) is 27.4 Å². The third-order valence-corrected chi connectivity index (χ3v) is 12.6. The van der Waals surface area contributed by atoms with E-state index in [2.05, 4.69) is 57.0 Å². The molecule has 8 rings (SSSR count). The van der Waals surface area contributed by atoms with E-state index in [0.29, 0.717) is 32.0 Å². The smallest absolute Gasteiger partial charge is 0.407 e. The maximum Gasteiger partial charge on any atom is 0.407 e. The van der Waals surface area contributed by atoms with Crippen molar-refractivity contribution < 1.29 is 38.1 Å². The second kappa shape index (κ2) is 17.2. The van der Waals surface area contributed by atoms with Crippen LogP contribution < -0.4 is 15.4 Å². The molecule has 0 bridgehead atoms. The van der Waals surface area contributed by atoms with Crippen molar-refractivity contribution in [2.24, 2.45) is 17.8 Å². The summed E-state index contributed by atoms with van der Waals surface area (Å²) in [6.07, 6.45) is 3.44. The highest BCUT2D eigenvalue weighted by Gasteiger charge is 2.43. The monoisotopic (exact) mass is 833 g/mol. The predicted octanol–water partition coefficient (Wildman–Crippen LogP) is 7.56. The number of methoxy groups -OCH3 is 2. The number of nitrogens with zero attached hydrogens (tertiary/aromatic N) is 3. The summed E-state index contributed by atoms with van der Waals surface area (Å²) in [6.45, 7) is 10.8. The van der Waals surface area contributed by atoms with E-state index in [-0.39, 0.29) is 47.5 Å². The summed E-state index contributed by atoms with van der Waals surface area (Å²) in [5.41, 5.74) is 6.56. The van der Waals surface area contributed by atoms with Crippen molar-refractivity contribution in [3.63, 3.8) is 0 Å². The molecule has 322 valence electrons. The highest BCUT2D eigenvalue weighted by Crippen LogP contribution is 2.44. The number of carbonyl (C=O) groups is 4. The van der Waals surface area contributed by atoms with Gasteiger partial charge in [-0.1, -0.05) is 52.3 Å². The Bertz CT molecular complexity index is 2470. The van der Waals surface area contributed by atoms with Crippen molar-refractivity contribution in [1.82, 2.24) is 35.5 Å². The van der Waals surface area contributed by atoms with Gasteiger partial charge in [-0.05, 0) is 77.9 Å². The molecule has 61 heavy (non-hydrogen) atoms. The second-order valence-electron chi connectivity index (χ2n) is 17.1. The number of Topliss-reactive ketones (excluding diaryl/α,β-unsaturated/α-hetero) is 1. The van der Waals surface area contributed by atoms with E-state index in [1.807, 2.05) is 46.9 Å². The largest absolute Gasteiger partial charge is 0.488 e. The lowest BCUT2D eigenvalue weighted by molar-refractivity contribution is -0.136. The van der Waals surface area contributed by atoms with Gasteiger partial charge in [0.15, 0.2) is 5.78 Å². The highest BCUT2D eigenvalue weighted by molar-refractivity contribution is 6.07. The van der Waals surface area contributed by atoms with Gasteiger partial charge in [-0.15, -0.1) is 0 Å². The normalized spacial score (nSPS) is 20.6. The van der Waals surface area contributed by atoms with Gasteiger partial charge in [0.05, 0.1) is 55.3 Å². The first kappa shape index (κ1) is 41.8. The molecular formula is C46H55N7O8. The number of fused-ring (bicyclic) bond motifs is 6. The van der Waals surface area contributed by atoms with Gasteiger partial charge in [0.2, 0.25) is 5.91 Å². The molecule has 4 N–H and O–H groups in total. The van der Waals surface area contributed by atoms with Gasteiger partial charge in [0.1, 0.15) is 30.0 Å². The summed E-state index contributed by atoms with van der Waals surface area (Å²) < 4.78 is 22.1. The Labute approximate surface area is 354 Å². The number of aromatic nitrogens is 4. The van der Waals surface area contributed by atoms with Gasteiger partial charge in [0, 0.05) is 42.4 Å². The van der Waals surface area contributed by atoms with E-state index in [4.69, 9.17) is 28.9 Å². The molecule has 6 atom stereocenters. The fourth-order valence-electron chi connectivity index (χ4n) is 9.45. The van der Waals surface area contributed by atoms with E-state index in [9.17, 15) is 19.2 Å². The molecule has 15 heteroatoms. The third-order valence-electron chi connectivity index (χ3n) is 12.6. The Morgan fingerprint density at radius 3 is 2.38 bits per heavy atom. The first-order chi connectivity index (χ1) is 29.4. The lowest BCUT2D eigenvalue weighted by atomic mass is 9.84. The number of amides is 3. The van der Waals surface area contributed by atoms with E-state index in [0.717, 1.165) is 80.6 Å². The van der Waals surface area contributed by atoms with Crippen LogP contribution in [0.3, 0.4) is 0 Å². The average molecular weight is 834 g/mol. The number of nitrogens with one attached hydrogen (secondary N) is 4. The van der Waals surface area contributed by atoms with E-state index >= 15 is 0 Å². The van der Waals surface area contributed by atoms with E-state index < -0.39 is 24.3 Å². The zero-order valence-electron chi connectivity index (χ0n) is 35.8. The molecule has 0 spiro atoms. The number of hydrogen-bond donors (Lipinski definition) is 4. The van der Waals surface area contributed by atoms with Crippen LogP contribution in [0.1, 0.15) is 89.5 Å². The lowest BCUT2D eigenvalue weighted by Gasteiger charge is -2.29. The van der Waals surface area contributed by atoms with Crippen LogP contribution in [0, 0.1) is 17.8 Å². The topological polar surface area (TPSA) is 190 Å². The van der Waals surface area contributed by atoms with Crippen LogP contribution in [0.15, 0.2) is 48.7 Å². The molecule has 3 aromatic carbocycles. The quantitative estimate of drug-likeness (QED) is 0.0976. The maximum absolute atomic E-state index is 14.0. The molecule has 5 aromatic rings. The van der Waals surface area contributed by atoms with Crippen molar-refractivity contribution in [3.8, 4) is 28.1 Å². The van der Waals surface area contributed by atoms with Crippen LogP contribution >= 0.6 is 0 Å². The molecule has 2 aliphatic heterocycles. The summed E-state index contributed by atoms with van der Waals surface area (Å²) in [4.78, 5) is 70.7. The van der Waals surface area contributed by atoms with Gasteiger partial charge in [-0.2, -0.15) is 0 Å². The molecule has 3 aliphatic rings. The number of likely N-dealkylation sites (tertiary alicyclic amines) is 1. The molecule has 4 heterocycles. The van der Waals surface area contributed by atoms with Gasteiger partial charge < -0.3 is 44.4 Å². The molecular weight excluding hydrogens is 779 g/mol. The summed E-state index contributed by atoms with van der Waals surface area (Å²) in [6, 6.07) is 12.8. The number of benzene rings is 3. The molecule has 3 amide bonds. The maximum atomic E-state index is 14.0. The second-order valence-corrected chi connectivity index (χ2v) is 17.1. The zero-order chi connectivity index (χ0) is 43.1. The highest BCUT2D eigenvalue weighted by atomic mass is 16.5. The van der Waals surface area contributed by atoms with Crippen LogP contribution in [0.2, 0.25) is 0 Å². The first-order valence-corrected chi connectivity index (χ1v) is 21.3. The molecule has 1 saturated carbocycles. The molecule has 0 radical (unpaired) electrons. The van der Waals surface area contributed by atoms with Gasteiger partial charge in [0.25, 0.3) is 0 Å². The summed E-state index contributed by atoms with van der Waals surface area (Å²) >= 11 is 0. The lowest BCUT2D eigenvalue weighted by Crippen LogP contribution is -2.51. The number of H-pyrrole nitrogens is 2. The van der Waals surface area contributed by atoms with E-state index in [1.165, 1.54) is 14.2 Å². The van der Waals surface area contributed by atoms with Crippen molar-refractivity contribution in [3.05, 3.63) is 65.9 Å². The van der Waals surface area contributed by atoms with E-state index in [1.54, 1.807) is 4.90 Å². The molecule has 2 aromatic heterocycles. The zero-order valence-corrected chi connectivity index (χ0v) is 35.8. The Morgan fingerprint density at radius 2 is 1.66 bits per heavy atom. The molecule has 1 aliphatic carbocycles. The molecule has 15 nitrogen and oxygen atoms in total. The number of rotatable bonds is 12. The van der Waals surface area contributed by atoms with Crippen LogP contribution in [0.4, 0.5) is 9.59 Å². The fraction of sp³-hybridized carbons (Fsp3) is 0.478. The number of ketones is 1. The van der Waals surface area contributed by atoms with Crippen LogP contribution in [0.25, 0.3) is 44.2 Å². The average Bonchev–Trinajstić information content (AvgIpc) is 4.09. The SMILES string of the molecule is CCO[C@H]1C[C@@H](c2nc3c(ccc4cc5c(cc43)OCc3cc(-c4cnc([C@@H]6CCCC6C(=O)[C@@H](NC(=O)OC)C(C)C)[nH]4)ccc3-5)[nH]2)N(C(=O)[C@@H](NC(=O)OC)C(C)C)C1. The number of hydrogen-bond acceptors (Lipinski definition) is 10. The minimum absolute atomic E-state index is 0.0145. The molecule has 1 unspecified atom stereocenters. The number of ether oxygens (including phenoxy) is 4. The first-order valence-electron chi connectivity index (χ1n) is 21.3. The molecule has 1 saturated heterocycles. The summed E-state index contributed by atoms with van der Waals surface area (Å²) in [5.74, 6) is 1.42. The Kier molecular flexibility index (Phi) is 11.8. The van der Waals surface area contributed by atoms with Crippen molar-refractivity contribution in [2.45, 2.75) is 97.1 Å². The number of carbonyl (C=O) groups excluding carboxylic acids is 4. The Balaban J connectivity index is 1.05. The van der Waals surface area contributed by atoms with Crippen molar-refractivity contribution in [1.29, 1.82) is 0 Å². The van der Waals surface area contributed by atoms with Gasteiger partial charge in [-0.25, -0.2) is 19.6 Å².